The lowest BCUT2D eigenvalue weighted by molar-refractivity contribution is 0.131. The predicted octanol–water partition coefficient (Wildman–Crippen LogP) is 3.18. The number of nitrogens with zero attached hydrogens (tertiary/aromatic N) is 2. The van der Waals surface area contributed by atoms with E-state index in [9.17, 15) is 4.39 Å². The molecule has 0 aromatic rings. The van der Waals surface area contributed by atoms with Crippen molar-refractivity contribution in [2.75, 3.05) is 6.67 Å². The Morgan fingerprint density at radius 2 is 2.12 bits per heavy atom. The van der Waals surface area contributed by atoms with Crippen molar-refractivity contribution >= 4 is 23.2 Å². The second-order valence-electron chi connectivity index (χ2n) is 4.83. The van der Waals surface area contributed by atoms with Gasteiger partial charge in [0.15, 0.2) is 0 Å². The summed E-state index contributed by atoms with van der Waals surface area (Å²) in [6.07, 6.45) is 5.99. The molecule has 5 heteroatoms. The Hall–Kier alpha value is -0.640. The average Bonchev–Trinajstić information content (AvgIpc) is 2.70. The van der Waals surface area contributed by atoms with Crippen molar-refractivity contribution < 1.29 is 4.39 Å². The molecule has 0 unspecified atom stereocenters. The van der Waals surface area contributed by atoms with E-state index in [1.807, 2.05) is 18.7 Å². The van der Waals surface area contributed by atoms with Crippen molar-refractivity contribution in [2.24, 2.45) is 4.99 Å². The fourth-order valence-electron chi connectivity index (χ4n) is 2.11. The highest BCUT2D eigenvalue weighted by atomic mass is 35.5. The van der Waals surface area contributed by atoms with Gasteiger partial charge in [0.25, 0.3) is 0 Å². The van der Waals surface area contributed by atoms with Crippen LogP contribution in [0.5, 0.6) is 0 Å². The van der Waals surface area contributed by atoms with Gasteiger partial charge in [-0.1, -0.05) is 12.8 Å². The van der Waals surface area contributed by atoms with E-state index in [4.69, 9.17) is 17.0 Å². The Morgan fingerprint density at radius 1 is 1.56 bits per heavy atom. The first kappa shape index (κ1) is 13.4. The molecule has 0 heterocycles. The molecule has 1 fully saturated rings. The number of nitrogens with one attached hydrogen (secondary N) is 1. The molecule has 0 amide bonds. The van der Waals surface area contributed by atoms with Gasteiger partial charge in [-0.2, -0.15) is 0 Å². The van der Waals surface area contributed by atoms with Crippen molar-refractivity contribution in [3.63, 3.8) is 0 Å². The van der Waals surface area contributed by atoms with Crippen molar-refractivity contribution in [3.05, 3.63) is 0 Å². The van der Waals surface area contributed by atoms with Crippen molar-refractivity contribution in [2.45, 2.75) is 51.1 Å². The van der Waals surface area contributed by atoms with Crippen LogP contribution in [0, 0.1) is 5.41 Å². The third-order valence-electron chi connectivity index (χ3n) is 3.04. The van der Waals surface area contributed by atoms with Crippen LogP contribution in [0.3, 0.4) is 0 Å². The molecule has 1 rings (SSSR count). The fourth-order valence-corrected chi connectivity index (χ4v) is 2.15. The summed E-state index contributed by atoms with van der Waals surface area (Å²) in [5, 5.41) is 6.80. The number of aliphatic imine (C=N–C) groups is 1. The SMILES string of the molecule is CC(C)(CF)N(C=NC(=N)Cl)C1CCCC1. The highest BCUT2D eigenvalue weighted by Gasteiger charge is 2.32. The van der Waals surface area contributed by atoms with Crippen molar-refractivity contribution in [1.29, 1.82) is 5.41 Å². The number of halogens is 2. The van der Waals surface area contributed by atoms with E-state index in [1.165, 1.54) is 19.2 Å². The molecular weight excluding hydrogens is 229 g/mol. The van der Waals surface area contributed by atoms with Gasteiger partial charge in [-0.25, -0.2) is 9.38 Å². The molecule has 0 radical (unpaired) electrons. The minimum absolute atomic E-state index is 0.266. The minimum Gasteiger partial charge on any atom is -0.352 e. The van der Waals surface area contributed by atoms with Crippen molar-refractivity contribution in [3.8, 4) is 0 Å². The molecule has 0 saturated heterocycles. The van der Waals surface area contributed by atoms with E-state index < -0.39 is 12.2 Å². The summed E-state index contributed by atoms with van der Waals surface area (Å²) in [6.45, 7) is 3.25. The molecule has 0 aromatic heterocycles. The van der Waals surface area contributed by atoms with Gasteiger partial charge in [-0.15, -0.1) is 0 Å². The Balaban J connectivity index is 2.79. The first-order valence-corrected chi connectivity index (χ1v) is 5.98. The zero-order chi connectivity index (χ0) is 12.2. The maximum atomic E-state index is 13.0. The molecular formula is C11H19ClFN3. The van der Waals surface area contributed by atoms with Crippen LogP contribution in [0.1, 0.15) is 39.5 Å². The number of alkyl halides is 1. The van der Waals surface area contributed by atoms with Gasteiger partial charge in [-0.05, 0) is 38.3 Å². The van der Waals surface area contributed by atoms with E-state index in [2.05, 4.69) is 4.99 Å². The number of amidine groups is 1. The molecule has 1 N–H and O–H groups in total. The molecule has 1 aliphatic carbocycles. The molecule has 1 aliphatic rings. The third kappa shape index (κ3) is 3.44. The number of rotatable bonds is 4. The minimum atomic E-state index is -0.579. The van der Waals surface area contributed by atoms with Gasteiger partial charge in [0, 0.05) is 6.04 Å². The molecule has 16 heavy (non-hydrogen) atoms. The first-order valence-electron chi connectivity index (χ1n) is 5.60. The van der Waals surface area contributed by atoms with Crippen LogP contribution in [0.2, 0.25) is 0 Å². The first-order chi connectivity index (χ1) is 7.47. The van der Waals surface area contributed by atoms with Crippen LogP contribution < -0.4 is 0 Å². The maximum absolute atomic E-state index is 13.0. The quantitative estimate of drug-likeness (QED) is 0.463. The topological polar surface area (TPSA) is 39.5 Å². The van der Waals surface area contributed by atoms with Gasteiger partial charge in [0.05, 0.1) is 11.9 Å². The van der Waals surface area contributed by atoms with E-state index in [0.29, 0.717) is 6.04 Å². The normalized spacial score (nSPS) is 18.2. The highest BCUT2D eigenvalue weighted by Crippen LogP contribution is 2.28. The standard InChI is InChI=1S/C11H19ClFN3/c1-11(2,7-13)16(8-15-10(12)14)9-5-3-4-6-9/h8-9,14H,3-7H2,1-2H3. The molecule has 0 aliphatic heterocycles. The van der Waals surface area contributed by atoms with Crippen LogP contribution in [-0.2, 0) is 0 Å². The zero-order valence-electron chi connectivity index (χ0n) is 9.84. The monoisotopic (exact) mass is 247 g/mol. The fraction of sp³-hybridized carbons (Fsp3) is 0.818. The second-order valence-corrected chi connectivity index (χ2v) is 5.19. The van der Waals surface area contributed by atoms with Crippen molar-refractivity contribution in [1.82, 2.24) is 4.90 Å². The predicted molar refractivity (Wildman–Crippen MR) is 66.2 cm³/mol. The molecule has 0 spiro atoms. The smallest absolute Gasteiger partial charge is 0.216 e. The lowest BCUT2D eigenvalue weighted by atomic mass is 10.0. The lowest BCUT2D eigenvalue weighted by Gasteiger charge is -2.39. The van der Waals surface area contributed by atoms with Crippen LogP contribution in [0.25, 0.3) is 0 Å². The second kappa shape index (κ2) is 5.62. The molecule has 3 nitrogen and oxygen atoms in total. The Bertz CT molecular complexity index is 272. The van der Waals surface area contributed by atoms with Gasteiger partial charge < -0.3 is 4.90 Å². The Labute approximate surface area is 101 Å². The molecule has 0 bridgehead atoms. The Kier molecular flexibility index (Phi) is 4.71. The summed E-state index contributed by atoms with van der Waals surface area (Å²) in [7, 11) is 0. The van der Waals surface area contributed by atoms with Crippen LogP contribution in [0.15, 0.2) is 4.99 Å². The average molecular weight is 248 g/mol. The van der Waals surface area contributed by atoms with Crippen LogP contribution in [0.4, 0.5) is 4.39 Å². The molecule has 0 atom stereocenters. The van der Waals surface area contributed by atoms with E-state index in [0.717, 1.165) is 12.8 Å². The van der Waals surface area contributed by atoms with Gasteiger partial charge in [0.2, 0.25) is 5.29 Å². The lowest BCUT2D eigenvalue weighted by Crippen LogP contribution is -2.49. The van der Waals surface area contributed by atoms with Gasteiger partial charge in [0.1, 0.15) is 6.67 Å². The summed E-state index contributed by atoms with van der Waals surface area (Å²) in [6, 6.07) is 0.325. The summed E-state index contributed by atoms with van der Waals surface area (Å²) in [5.41, 5.74) is -0.579. The molecule has 1 saturated carbocycles. The summed E-state index contributed by atoms with van der Waals surface area (Å²) < 4.78 is 13.0. The largest absolute Gasteiger partial charge is 0.352 e. The third-order valence-corrected chi connectivity index (χ3v) is 3.14. The number of hydrogen-bond donors (Lipinski definition) is 1. The van der Waals surface area contributed by atoms with Gasteiger partial charge >= 0.3 is 0 Å². The summed E-state index contributed by atoms with van der Waals surface area (Å²) >= 11 is 5.39. The molecule has 92 valence electrons. The van der Waals surface area contributed by atoms with E-state index in [-0.39, 0.29) is 5.29 Å². The highest BCUT2D eigenvalue weighted by molar-refractivity contribution is 6.64. The Morgan fingerprint density at radius 3 is 2.56 bits per heavy atom. The summed E-state index contributed by atoms with van der Waals surface area (Å²) in [4.78, 5) is 5.68. The van der Waals surface area contributed by atoms with E-state index in [1.54, 1.807) is 0 Å². The van der Waals surface area contributed by atoms with E-state index >= 15 is 0 Å². The number of hydrogen-bond acceptors (Lipinski definition) is 1. The molecule has 0 aromatic carbocycles. The maximum Gasteiger partial charge on any atom is 0.216 e. The van der Waals surface area contributed by atoms with Crippen LogP contribution in [-0.4, -0.2) is 34.8 Å². The van der Waals surface area contributed by atoms with Gasteiger partial charge in [-0.3, -0.25) is 5.41 Å². The zero-order valence-corrected chi connectivity index (χ0v) is 10.6. The van der Waals surface area contributed by atoms with Crippen LogP contribution >= 0.6 is 11.6 Å². The summed E-state index contributed by atoms with van der Waals surface area (Å²) in [5.74, 6) is 0.